The molecule has 2 aliphatic rings. The minimum atomic E-state index is -3.22. The zero-order valence-electron chi connectivity index (χ0n) is 13.0. The van der Waals surface area contributed by atoms with E-state index in [-0.39, 0.29) is 11.9 Å². The lowest BCUT2D eigenvalue weighted by molar-refractivity contribution is -0.141. The molecule has 2 atom stereocenters. The summed E-state index contributed by atoms with van der Waals surface area (Å²) in [5, 5.41) is 3.38. The number of rotatable bonds is 5. The number of carbonyl (C=O) groups is 1. The van der Waals surface area contributed by atoms with Crippen molar-refractivity contribution in [2.45, 2.75) is 57.0 Å². The van der Waals surface area contributed by atoms with E-state index in [1.165, 1.54) is 0 Å². The molecule has 2 fully saturated rings. The molecule has 2 saturated heterocycles. The predicted molar refractivity (Wildman–Crippen MR) is 82.5 cm³/mol. The second kappa shape index (κ2) is 6.62. The molecule has 2 aliphatic heterocycles. The summed E-state index contributed by atoms with van der Waals surface area (Å²) in [6.45, 7) is 3.99. The molecule has 0 aliphatic carbocycles. The number of nitrogens with zero attached hydrogens (tertiary/aromatic N) is 1. The summed E-state index contributed by atoms with van der Waals surface area (Å²) >= 11 is 0. The third kappa shape index (κ3) is 3.96. The second-order valence-electron chi connectivity index (χ2n) is 6.23. The standard InChI is InChI=1S/C14H27N3O3S/c1-3-14(8-6-9-15-14)13(18)17-10-5-4-7-12(17)11-16-21(2,19)20/h12,15-16H,3-11H2,1-2H3. The van der Waals surface area contributed by atoms with Crippen LogP contribution in [-0.2, 0) is 14.8 Å². The number of carbonyl (C=O) groups excluding carboxylic acids is 1. The molecule has 0 aromatic heterocycles. The fraction of sp³-hybridized carbons (Fsp3) is 0.929. The van der Waals surface area contributed by atoms with Gasteiger partial charge < -0.3 is 10.2 Å². The Morgan fingerprint density at radius 3 is 2.71 bits per heavy atom. The number of hydrogen-bond donors (Lipinski definition) is 2. The summed E-state index contributed by atoms with van der Waals surface area (Å²) in [6.07, 6.45) is 6.77. The molecule has 6 nitrogen and oxygen atoms in total. The lowest BCUT2D eigenvalue weighted by Gasteiger charge is -2.41. The molecule has 2 unspecified atom stereocenters. The average molecular weight is 317 g/mol. The number of sulfonamides is 1. The normalized spacial score (nSPS) is 30.6. The van der Waals surface area contributed by atoms with Gasteiger partial charge in [-0.3, -0.25) is 4.79 Å². The lowest BCUT2D eigenvalue weighted by atomic mass is 9.90. The summed E-state index contributed by atoms with van der Waals surface area (Å²) in [5.74, 6) is 0.155. The monoisotopic (exact) mass is 317 g/mol. The van der Waals surface area contributed by atoms with Crippen LogP contribution in [0.25, 0.3) is 0 Å². The summed E-state index contributed by atoms with van der Waals surface area (Å²) < 4.78 is 25.2. The Hall–Kier alpha value is -0.660. The summed E-state index contributed by atoms with van der Waals surface area (Å²) in [6, 6.07) is -0.0215. The molecular weight excluding hydrogens is 290 g/mol. The average Bonchev–Trinajstić information content (AvgIpc) is 2.94. The van der Waals surface area contributed by atoms with Gasteiger partial charge in [-0.25, -0.2) is 13.1 Å². The van der Waals surface area contributed by atoms with E-state index in [4.69, 9.17) is 0 Å². The van der Waals surface area contributed by atoms with Crippen molar-refractivity contribution in [3.63, 3.8) is 0 Å². The van der Waals surface area contributed by atoms with E-state index in [9.17, 15) is 13.2 Å². The van der Waals surface area contributed by atoms with E-state index in [0.29, 0.717) is 6.54 Å². The predicted octanol–water partition coefficient (Wildman–Crippen LogP) is 0.449. The van der Waals surface area contributed by atoms with Gasteiger partial charge in [0.1, 0.15) is 0 Å². The van der Waals surface area contributed by atoms with E-state index in [0.717, 1.165) is 57.9 Å². The highest BCUT2D eigenvalue weighted by atomic mass is 32.2. The van der Waals surface area contributed by atoms with E-state index in [1.54, 1.807) is 0 Å². The fourth-order valence-corrected chi connectivity index (χ4v) is 3.94. The topological polar surface area (TPSA) is 78.5 Å². The number of hydrogen-bond acceptors (Lipinski definition) is 4. The van der Waals surface area contributed by atoms with Gasteiger partial charge in [0.15, 0.2) is 0 Å². The third-order valence-electron chi connectivity index (χ3n) is 4.73. The van der Waals surface area contributed by atoms with Crippen molar-refractivity contribution in [2.24, 2.45) is 0 Å². The van der Waals surface area contributed by atoms with Crippen molar-refractivity contribution < 1.29 is 13.2 Å². The van der Waals surface area contributed by atoms with Gasteiger partial charge in [0.2, 0.25) is 15.9 Å². The van der Waals surface area contributed by atoms with E-state index in [2.05, 4.69) is 10.0 Å². The fourth-order valence-electron chi connectivity index (χ4n) is 3.44. The van der Waals surface area contributed by atoms with Crippen molar-refractivity contribution >= 4 is 15.9 Å². The Morgan fingerprint density at radius 1 is 1.38 bits per heavy atom. The zero-order chi connectivity index (χ0) is 15.5. The quantitative estimate of drug-likeness (QED) is 0.772. The van der Waals surface area contributed by atoms with Gasteiger partial charge in [0, 0.05) is 19.1 Å². The van der Waals surface area contributed by atoms with Crippen LogP contribution >= 0.6 is 0 Å². The molecule has 0 saturated carbocycles. The molecule has 0 aromatic rings. The first kappa shape index (κ1) is 16.7. The van der Waals surface area contributed by atoms with E-state index >= 15 is 0 Å². The van der Waals surface area contributed by atoms with Crippen molar-refractivity contribution in [1.82, 2.24) is 14.9 Å². The van der Waals surface area contributed by atoms with Crippen molar-refractivity contribution in [3.8, 4) is 0 Å². The van der Waals surface area contributed by atoms with Gasteiger partial charge in [-0.2, -0.15) is 0 Å². The van der Waals surface area contributed by atoms with Crippen LogP contribution in [0.15, 0.2) is 0 Å². The summed E-state index contributed by atoms with van der Waals surface area (Å²) in [4.78, 5) is 14.9. The van der Waals surface area contributed by atoms with Crippen LogP contribution < -0.4 is 10.0 Å². The Morgan fingerprint density at radius 2 is 2.14 bits per heavy atom. The molecule has 0 radical (unpaired) electrons. The van der Waals surface area contributed by atoms with Crippen LogP contribution in [0.1, 0.15) is 45.4 Å². The van der Waals surface area contributed by atoms with E-state index < -0.39 is 15.6 Å². The Balaban J connectivity index is 2.08. The summed E-state index contributed by atoms with van der Waals surface area (Å²) in [7, 11) is -3.22. The first-order valence-electron chi connectivity index (χ1n) is 7.89. The molecule has 2 heterocycles. The molecule has 1 amide bonds. The lowest BCUT2D eigenvalue weighted by Crippen LogP contribution is -2.59. The highest BCUT2D eigenvalue weighted by molar-refractivity contribution is 7.88. The molecule has 21 heavy (non-hydrogen) atoms. The SMILES string of the molecule is CCC1(C(=O)N2CCCCC2CNS(C)(=O)=O)CCCN1. The maximum absolute atomic E-state index is 13.0. The number of amides is 1. The van der Waals surface area contributed by atoms with Crippen LogP contribution in [-0.4, -0.2) is 56.7 Å². The first-order chi connectivity index (χ1) is 9.88. The Kier molecular flexibility index (Phi) is 5.27. The number of likely N-dealkylation sites (tertiary alicyclic amines) is 1. The van der Waals surface area contributed by atoms with Crippen LogP contribution in [0, 0.1) is 0 Å². The molecule has 7 heteroatoms. The van der Waals surface area contributed by atoms with Crippen LogP contribution in [0.2, 0.25) is 0 Å². The van der Waals surface area contributed by atoms with Gasteiger partial charge in [-0.15, -0.1) is 0 Å². The van der Waals surface area contributed by atoms with Gasteiger partial charge in [0.25, 0.3) is 0 Å². The number of piperidine rings is 1. The third-order valence-corrected chi connectivity index (χ3v) is 5.42. The van der Waals surface area contributed by atoms with Gasteiger partial charge >= 0.3 is 0 Å². The van der Waals surface area contributed by atoms with Crippen LogP contribution in [0.4, 0.5) is 0 Å². The molecule has 0 spiro atoms. The van der Waals surface area contributed by atoms with Crippen molar-refractivity contribution in [1.29, 1.82) is 0 Å². The largest absolute Gasteiger partial charge is 0.337 e. The zero-order valence-corrected chi connectivity index (χ0v) is 13.8. The number of nitrogens with one attached hydrogen (secondary N) is 2. The van der Waals surface area contributed by atoms with Crippen LogP contribution in [0.5, 0.6) is 0 Å². The molecule has 2 rings (SSSR count). The molecule has 2 N–H and O–H groups in total. The smallest absolute Gasteiger partial charge is 0.243 e. The van der Waals surface area contributed by atoms with Gasteiger partial charge in [-0.05, 0) is 45.1 Å². The van der Waals surface area contributed by atoms with Crippen LogP contribution in [0.3, 0.4) is 0 Å². The maximum atomic E-state index is 13.0. The molecular formula is C14H27N3O3S. The van der Waals surface area contributed by atoms with Gasteiger partial charge in [0.05, 0.1) is 11.8 Å². The summed E-state index contributed by atoms with van der Waals surface area (Å²) in [5.41, 5.74) is -0.430. The highest BCUT2D eigenvalue weighted by Crippen LogP contribution is 2.28. The van der Waals surface area contributed by atoms with Crippen molar-refractivity contribution in [3.05, 3.63) is 0 Å². The Labute approximate surface area is 127 Å². The minimum Gasteiger partial charge on any atom is -0.337 e. The highest BCUT2D eigenvalue weighted by Gasteiger charge is 2.43. The molecule has 122 valence electrons. The minimum absolute atomic E-state index is 0.0215. The molecule has 0 aromatic carbocycles. The maximum Gasteiger partial charge on any atom is 0.243 e. The van der Waals surface area contributed by atoms with Gasteiger partial charge in [-0.1, -0.05) is 6.92 Å². The van der Waals surface area contributed by atoms with E-state index in [1.807, 2.05) is 11.8 Å². The van der Waals surface area contributed by atoms with Crippen molar-refractivity contribution in [2.75, 3.05) is 25.9 Å². The first-order valence-corrected chi connectivity index (χ1v) is 9.78. The molecule has 0 bridgehead atoms. The Bertz CT molecular complexity index is 472. The second-order valence-corrected chi connectivity index (χ2v) is 8.07.